The summed E-state index contributed by atoms with van der Waals surface area (Å²) in [6, 6.07) is 7.89. The van der Waals surface area contributed by atoms with Crippen LogP contribution in [0.1, 0.15) is 19.4 Å². The number of ether oxygens (including phenoxy) is 1. The maximum atomic E-state index is 8.96. The quantitative estimate of drug-likeness (QED) is 0.810. The molecule has 0 bridgehead atoms. The van der Waals surface area contributed by atoms with Crippen LogP contribution in [0.3, 0.4) is 0 Å². The minimum atomic E-state index is 0.108. The van der Waals surface area contributed by atoms with E-state index in [1.54, 1.807) is 6.20 Å². The van der Waals surface area contributed by atoms with E-state index >= 15 is 0 Å². The molecule has 1 heterocycles. The summed E-state index contributed by atoms with van der Waals surface area (Å²) in [4.78, 5) is 3.05. The van der Waals surface area contributed by atoms with Gasteiger partial charge in [-0.15, -0.1) is 0 Å². The standard InChI is InChI=1S/C12H12N2O/c1-8(2)15-11-5-3-4-10-12(11)9(6-13)7-14-10/h3-5,7-8,14H,1-2H3. The monoisotopic (exact) mass is 200 g/mol. The third kappa shape index (κ3) is 1.66. The Balaban J connectivity index is 2.63. The molecule has 1 aromatic heterocycles. The zero-order chi connectivity index (χ0) is 10.8. The van der Waals surface area contributed by atoms with Crippen molar-refractivity contribution < 1.29 is 4.74 Å². The van der Waals surface area contributed by atoms with Gasteiger partial charge in [0, 0.05) is 6.20 Å². The molecule has 0 aliphatic carbocycles. The minimum absolute atomic E-state index is 0.108. The predicted molar refractivity (Wildman–Crippen MR) is 58.8 cm³/mol. The Kier molecular flexibility index (Phi) is 2.34. The lowest BCUT2D eigenvalue weighted by Gasteiger charge is -2.10. The van der Waals surface area contributed by atoms with Gasteiger partial charge in [-0.1, -0.05) is 6.07 Å². The maximum Gasteiger partial charge on any atom is 0.130 e. The highest BCUT2D eigenvalue weighted by molar-refractivity contribution is 5.91. The second-order valence-corrected chi connectivity index (χ2v) is 3.66. The molecule has 0 unspecified atom stereocenters. The molecule has 2 aromatic rings. The van der Waals surface area contributed by atoms with Crippen molar-refractivity contribution in [3.8, 4) is 11.8 Å². The van der Waals surface area contributed by atoms with Crippen LogP contribution < -0.4 is 4.74 Å². The van der Waals surface area contributed by atoms with Gasteiger partial charge in [0.05, 0.1) is 22.6 Å². The van der Waals surface area contributed by atoms with Crippen LogP contribution in [0.2, 0.25) is 0 Å². The number of benzene rings is 1. The van der Waals surface area contributed by atoms with Crippen LogP contribution in [0.5, 0.6) is 5.75 Å². The van der Waals surface area contributed by atoms with Gasteiger partial charge < -0.3 is 9.72 Å². The molecule has 15 heavy (non-hydrogen) atoms. The summed E-state index contributed by atoms with van der Waals surface area (Å²) in [5, 5.41) is 9.83. The lowest BCUT2D eigenvalue weighted by atomic mass is 10.1. The molecular weight excluding hydrogens is 188 g/mol. The molecule has 0 spiro atoms. The predicted octanol–water partition coefficient (Wildman–Crippen LogP) is 2.83. The van der Waals surface area contributed by atoms with E-state index in [0.29, 0.717) is 5.56 Å². The number of hydrogen-bond acceptors (Lipinski definition) is 2. The lowest BCUT2D eigenvalue weighted by molar-refractivity contribution is 0.245. The molecule has 76 valence electrons. The van der Waals surface area contributed by atoms with Gasteiger partial charge in [0.1, 0.15) is 11.8 Å². The fourth-order valence-electron chi connectivity index (χ4n) is 1.59. The minimum Gasteiger partial charge on any atom is -0.490 e. The Bertz CT molecular complexity index is 520. The lowest BCUT2D eigenvalue weighted by Crippen LogP contribution is -2.05. The first-order chi connectivity index (χ1) is 7.22. The zero-order valence-corrected chi connectivity index (χ0v) is 8.74. The third-order valence-corrected chi connectivity index (χ3v) is 2.15. The second-order valence-electron chi connectivity index (χ2n) is 3.66. The molecule has 0 fully saturated rings. The van der Waals surface area contributed by atoms with Gasteiger partial charge in [0.25, 0.3) is 0 Å². The fraction of sp³-hybridized carbons (Fsp3) is 0.250. The maximum absolute atomic E-state index is 8.96. The van der Waals surface area contributed by atoms with Crippen LogP contribution in [0.4, 0.5) is 0 Å². The highest BCUT2D eigenvalue weighted by Crippen LogP contribution is 2.28. The number of rotatable bonds is 2. The zero-order valence-electron chi connectivity index (χ0n) is 8.74. The molecule has 0 aliphatic heterocycles. The van der Waals surface area contributed by atoms with E-state index in [1.165, 1.54) is 0 Å². The molecule has 0 saturated heterocycles. The number of aromatic nitrogens is 1. The summed E-state index contributed by atoms with van der Waals surface area (Å²) in [7, 11) is 0. The highest BCUT2D eigenvalue weighted by atomic mass is 16.5. The van der Waals surface area contributed by atoms with E-state index in [4.69, 9.17) is 10.00 Å². The van der Waals surface area contributed by atoms with E-state index in [9.17, 15) is 0 Å². The Morgan fingerprint density at radius 3 is 2.87 bits per heavy atom. The molecule has 3 nitrogen and oxygen atoms in total. The Morgan fingerprint density at radius 1 is 1.40 bits per heavy atom. The van der Waals surface area contributed by atoms with E-state index in [-0.39, 0.29) is 6.10 Å². The van der Waals surface area contributed by atoms with Crippen molar-refractivity contribution in [2.75, 3.05) is 0 Å². The number of nitrogens with zero attached hydrogens (tertiary/aromatic N) is 1. The first kappa shape index (κ1) is 9.60. The number of nitrogens with one attached hydrogen (secondary N) is 1. The van der Waals surface area contributed by atoms with E-state index in [0.717, 1.165) is 16.7 Å². The Labute approximate surface area is 88.3 Å². The number of aromatic amines is 1. The van der Waals surface area contributed by atoms with E-state index < -0.39 is 0 Å². The molecule has 0 atom stereocenters. The van der Waals surface area contributed by atoms with Crippen molar-refractivity contribution in [2.45, 2.75) is 20.0 Å². The van der Waals surface area contributed by atoms with Gasteiger partial charge in [-0.2, -0.15) is 5.26 Å². The number of hydrogen-bond donors (Lipinski definition) is 1. The van der Waals surface area contributed by atoms with Gasteiger partial charge in [-0.05, 0) is 26.0 Å². The average Bonchev–Trinajstić information content (AvgIpc) is 2.61. The van der Waals surface area contributed by atoms with Crippen LogP contribution >= 0.6 is 0 Å². The molecule has 1 N–H and O–H groups in total. The first-order valence-corrected chi connectivity index (χ1v) is 4.89. The summed E-state index contributed by atoms with van der Waals surface area (Å²) in [6.45, 7) is 3.94. The Morgan fingerprint density at radius 2 is 2.20 bits per heavy atom. The molecular formula is C12H12N2O. The third-order valence-electron chi connectivity index (χ3n) is 2.15. The van der Waals surface area contributed by atoms with Crippen LogP contribution in [0, 0.1) is 11.3 Å². The largest absolute Gasteiger partial charge is 0.490 e. The highest BCUT2D eigenvalue weighted by Gasteiger charge is 2.09. The number of H-pyrrole nitrogens is 1. The smallest absolute Gasteiger partial charge is 0.130 e. The van der Waals surface area contributed by atoms with Gasteiger partial charge in [0.15, 0.2) is 0 Å². The molecule has 0 radical (unpaired) electrons. The van der Waals surface area contributed by atoms with Crippen molar-refractivity contribution in [1.29, 1.82) is 5.26 Å². The molecule has 3 heteroatoms. The second kappa shape index (κ2) is 3.66. The summed E-state index contributed by atoms with van der Waals surface area (Å²) in [5.41, 5.74) is 1.56. The fourth-order valence-corrected chi connectivity index (χ4v) is 1.59. The summed E-state index contributed by atoms with van der Waals surface area (Å²) in [6.07, 6.45) is 1.81. The summed E-state index contributed by atoms with van der Waals surface area (Å²) >= 11 is 0. The normalized spacial score (nSPS) is 10.5. The van der Waals surface area contributed by atoms with Crippen molar-refractivity contribution >= 4 is 10.9 Å². The number of fused-ring (bicyclic) bond motifs is 1. The average molecular weight is 200 g/mol. The van der Waals surface area contributed by atoms with Crippen LogP contribution in [0.15, 0.2) is 24.4 Å². The molecule has 2 rings (SSSR count). The SMILES string of the molecule is CC(C)Oc1cccc2[nH]cc(C#N)c12. The van der Waals surface area contributed by atoms with E-state index in [1.807, 2.05) is 32.0 Å². The van der Waals surface area contributed by atoms with Gasteiger partial charge in [-0.3, -0.25) is 0 Å². The molecule has 1 aromatic carbocycles. The van der Waals surface area contributed by atoms with Crippen molar-refractivity contribution in [3.63, 3.8) is 0 Å². The first-order valence-electron chi connectivity index (χ1n) is 4.89. The van der Waals surface area contributed by atoms with Crippen molar-refractivity contribution in [1.82, 2.24) is 4.98 Å². The molecule has 0 saturated carbocycles. The van der Waals surface area contributed by atoms with Crippen LogP contribution in [-0.2, 0) is 0 Å². The van der Waals surface area contributed by atoms with E-state index in [2.05, 4.69) is 11.1 Å². The number of nitriles is 1. The molecule has 0 amide bonds. The summed E-state index contributed by atoms with van der Waals surface area (Å²) in [5.74, 6) is 0.764. The van der Waals surface area contributed by atoms with Crippen molar-refractivity contribution in [3.05, 3.63) is 30.0 Å². The Hall–Kier alpha value is -1.95. The van der Waals surface area contributed by atoms with Gasteiger partial charge in [-0.25, -0.2) is 0 Å². The van der Waals surface area contributed by atoms with Crippen LogP contribution in [0.25, 0.3) is 10.9 Å². The van der Waals surface area contributed by atoms with Gasteiger partial charge >= 0.3 is 0 Å². The van der Waals surface area contributed by atoms with Crippen molar-refractivity contribution in [2.24, 2.45) is 0 Å². The topological polar surface area (TPSA) is 48.8 Å². The summed E-state index contributed by atoms with van der Waals surface area (Å²) < 4.78 is 5.66. The van der Waals surface area contributed by atoms with Crippen LogP contribution in [-0.4, -0.2) is 11.1 Å². The molecule has 0 aliphatic rings. The van der Waals surface area contributed by atoms with Gasteiger partial charge in [0.2, 0.25) is 0 Å².